The molecule has 3 aromatic rings. The van der Waals surface area contributed by atoms with Crippen LogP contribution in [0.5, 0.6) is 23.0 Å². The van der Waals surface area contributed by atoms with E-state index in [-0.39, 0.29) is 28.6 Å². The molecule has 2 N–H and O–H groups in total. The molecule has 2 aromatic carbocycles. The SMILES string of the molecule is COc1ccc(-c2cc(=O)c3c(O)cc(O)cc3o2)cc1OC1CCCC1. The minimum absolute atomic E-state index is 0.0347. The van der Waals surface area contributed by atoms with E-state index in [0.29, 0.717) is 22.8 Å². The number of benzene rings is 2. The average molecular weight is 368 g/mol. The van der Waals surface area contributed by atoms with Gasteiger partial charge in [-0.05, 0) is 43.9 Å². The maximum absolute atomic E-state index is 12.4. The standard InChI is InChI=1S/C21H20O6/c1-25-17-7-6-12(8-19(17)26-14-4-2-3-5-14)18-11-16(24)21-15(23)9-13(22)10-20(21)27-18/h6-11,14,22-23H,2-5H2,1H3. The molecule has 1 saturated carbocycles. The summed E-state index contributed by atoms with van der Waals surface area (Å²) in [6.07, 6.45) is 4.48. The van der Waals surface area contributed by atoms with Gasteiger partial charge in [-0.2, -0.15) is 0 Å². The van der Waals surface area contributed by atoms with E-state index in [1.165, 1.54) is 12.1 Å². The number of aromatic hydroxyl groups is 2. The number of phenols is 2. The first-order valence-electron chi connectivity index (χ1n) is 8.90. The molecule has 0 amide bonds. The maximum atomic E-state index is 12.4. The molecule has 0 atom stereocenters. The molecule has 0 saturated heterocycles. The van der Waals surface area contributed by atoms with E-state index < -0.39 is 5.43 Å². The highest BCUT2D eigenvalue weighted by Crippen LogP contribution is 2.36. The lowest BCUT2D eigenvalue weighted by atomic mass is 10.1. The lowest BCUT2D eigenvalue weighted by Gasteiger charge is -2.16. The monoisotopic (exact) mass is 368 g/mol. The second-order valence-corrected chi connectivity index (χ2v) is 6.70. The number of methoxy groups -OCH3 is 1. The van der Waals surface area contributed by atoms with Crippen molar-refractivity contribution in [3.05, 3.63) is 46.6 Å². The topological polar surface area (TPSA) is 89.1 Å². The van der Waals surface area contributed by atoms with Crippen LogP contribution in [0.25, 0.3) is 22.3 Å². The third-order valence-corrected chi connectivity index (χ3v) is 4.84. The second kappa shape index (κ2) is 6.87. The van der Waals surface area contributed by atoms with Crippen LogP contribution in [0, 0.1) is 0 Å². The first-order chi connectivity index (χ1) is 13.0. The molecule has 4 rings (SSSR count). The molecule has 6 nitrogen and oxygen atoms in total. The van der Waals surface area contributed by atoms with E-state index in [1.54, 1.807) is 25.3 Å². The Labute approximate surface area is 155 Å². The van der Waals surface area contributed by atoms with E-state index in [2.05, 4.69) is 0 Å². The van der Waals surface area contributed by atoms with Gasteiger partial charge in [0.1, 0.15) is 28.2 Å². The predicted octanol–water partition coefficient (Wildman–Crippen LogP) is 4.20. The number of rotatable bonds is 4. The third kappa shape index (κ3) is 3.30. The number of hydrogen-bond donors (Lipinski definition) is 2. The third-order valence-electron chi connectivity index (χ3n) is 4.84. The Morgan fingerprint density at radius 2 is 1.81 bits per heavy atom. The van der Waals surface area contributed by atoms with Crippen molar-refractivity contribution in [3.8, 4) is 34.3 Å². The first-order valence-corrected chi connectivity index (χ1v) is 8.90. The Morgan fingerprint density at radius 3 is 2.56 bits per heavy atom. The van der Waals surface area contributed by atoms with E-state index in [9.17, 15) is 15.0 Å². The molecule has 1 aliphatic carbocycles. The normalized spacial score (nSPS) is 14.6. The van der Waals surface area contributed by atoms with Gasteiger partial charge >= 0.3 is 0 Å². The molecule has 0 spiro atoms. The van der Waals surface area contributed by atoms with Gasteiger partial charge in [0.25, 0.3) is 0 Å². The van der Waals surface area contributed by atoms with Crippen molar-refractivity contribution in [1.29, 1.82) is 0 Å². The molecule has 0 unspecified atom stereocenters. The molecular formula is C21H20O6. The molecule has 1 aliphatic rings. The van der Waals surface area contributed by atoms with Gasteiger partial charge in [0, 0.05) is 23.8 Å². The number of fused-ring (bicyclic) bond motifs is 1. The lowest BCUT2D eigenvalue weighted by Crippen LogP contribution is -2.11. The van der Waals surface area contributed by atoms with Crippen LogP contribution in [0.3, 0.4) is 0 Å². The largest absolute Gasteiger partial charge is 0.508 e. The zero-order chi connectivity index (χ0) is 19.0. The number of phenolic OH excluding ortho intramolecular Hbond substituents is 2. The molecule has 1 fully saturated rings. The number of hydrogen-bond acceptors (Lipinski definition) is 6. The van der Waals surface area contributed by atoms with Gasteiger partial charge in [-0.3, -0.25) is 4.79 Å². The van der Waals surface area contributed by atoms with Crippen LogP contribution in [-0.4, -0.2) is 23.4 Å². The summed E-state index contributed by atoms with van der Waals surface area (Å²) >= 11 is 0. The van der Waals surface area contributed by atoms with Crippen LogP contribution in [0.2, 0.25) is 0 Å². The molecule has 1 aromatic heterocycles. The summed E-state index contributed by atoms with van der Waals surface area (Å²) in [5.41, 5.74) is 0.368. The fourth-order valence-electron chi connectivity index (χ4n) is 3.50. The van der Waals surface area contributed by atoms with Crippen molar-refractivity contribution in [2.45, 2.75) is 31.8 Å². The highest BCUT2D eigenvalue weighted by Gasteiger charge is 2.19. The van der Waals surface area contributed by atoms with Crippen molar-refractivity contribution in [3.63, 3.8) is 0 Å². The summed E-state index contributed by atoms with van der Waals surface area (Å²) < 4.78 is 17.3. The van der Waals surface area contributed by atoms with Crippen LogP contribution >= 0.6 is 0 Å². The van der Waals surface area contributed by atoms with Crippen molar-refractivity contribution in [2.24, 2.45) is 0 Å². The summed E-state index contributed by atoms with van der Waals surface area (Å²) in [5, 5.41) is 19.6. The highest BCUT2D eigenvalue weighted by atomic mass is 16.5. The summed E-state index contributed by atoms with van der Waals surface area (Å²) in [5.74, 6) is 1.04. The van der Waals surface area contributed by atoms with E-state index in [0.717, 1.165) is 31.7 Å². The van der Waals surface area contributed by atoms with E-state index >= 15 is 0 Å². The molecule has 0 aliphatic heterocycles. The van der Waals surface area contributed by atoms with Crippen molar-refractivity contribution in [1.82, 2.24) is 0 Å². The summed E-state index contributed by atoms with van der Waals surface area (Å²) in [6, 6.07) is 9.06. The molecule has 27 heavy (non-hydrogen) atoms. The van der Waals surface area contributed by atoms with Crippen molar-refractivity contribution < 1.29 is 24.1 Å². The minimum atomic E-state index is -0.391. The smallest absolute Gasteiger partial charge is 0.197 e. The van der Waals surface area contributed by atoms with E-state index in [1.807, 2.05) is 0 Å². The van der Waals surface area contributed by atoms with Gasteiger partial charge < -0.3 is 24.1 Å². The Morgan fingerprint density at radius 1 is 1.04 bits per heavy atom. The van der Waals surface area contributed by atoms with Crippen molar-refractivity contribution in [2.75, 3.05) is 7.11 Å². The minimum Gasteiger partial charge on any atom is -0.508 e. The van der Waals surface area contributed by atoms with Gasteiger partial charge in [-0.15, -0.1) is 0 Å². The molecule has 140 valence electrons. The van der Waals surface area contributed by atoms with Crippen molar-refractivity contribution >= 4 is 11.0 Å². The zero-order valence-electron chi connectivity index (χ0n) is 14.9. The Hall–Kier alpha value is -3.15. The van der Waals surface area contributed by atoms with Crippen LogP contribution in [0.15, 0.2) is 45.6 Å². The summed E-state index contributed by atoms with van der Waals surface area (Å²) in [6.45, 7) is 0. The molecule has 6 heteroatoms. The van der Waals surface area contributed by atoms with Crippen LogP contribution in [0.1, 0.15) is 25.7 Å². The quantitative estimate of drug-likeness (QED) is 0.717. The molecule has 0 radical (unpaired) electrons. The molecular weight excluding hydrogens is 348 g/mol. The summed E-state index contributed by atoms with van der Waals surface area (Å²) in [7, 11) is 1.58. The van der Waals surface area contributed by atoms with Gasteiger partial charge in [0.2, 0.25) is 0 Å². The van der Waals surface area contributed by atoms with Gasteiger partial charge in [0.05, 0.1) is 13.2 Å². The zero-order valence-corrected chi connectivity index (χ0v) is 14.9. The predicted molar refractivity (Wildman–Crippen MR) is 101 cm³/mol. The summed E-state index contributed by atoms with van der Waals surface area (Å²) in [4.78, 5) is 12.4. The maximum Gasteiger partial charge on any atom is 0.197 e. The highest BCUT2D eigenvalue weighted by molar-refractivity contribution is 5.86. The molecule has 1 heterocycles. The lowest BCUT2D eigenvalue weighted by molar-refractivity contribution is 0.201. The van der Waals surface area contributed by atoms with E-state index in [4.69, 9.17) is 13.9 Å². The molecule has 0 bridgehead atoms. The van der Waals surface area contributed by atoms with Gasteiger partial charge in [-0.1, -0.05) is 0 Å². The number of ether oxygens (including phenoxy) is 2. The Kier molecular flexibility index (Phi) is 4.39. The fourth-order valence-corrected chi connectivity index (χ4v) is 3.50. The van der Waals surface area contributed by atoms with Gasteiger partial charge in [-0.25, -0.2) is 0 Å². The van der Waals surface area contributed by atoms with Crippen LogP contribution in [-0.2, 0) is 0 Å². The van der Waals surface area contributed by atoms with Gasteiger partial charge in [0.15, 0.2) is 16.9 Å². The van der Waals surface area contributed by atoms with Crippen LogP contribution in [0.4, 0.5) is 0 Å². The average Bonchev–Trinajstić information content (AvgIpc) is 3.13. The fraction of sp³-hybridized carbons (Fsp3) is 0.286. The second-order valence-electron chi connectivity index (χ2n) is 6.70. The first kappa shape index (κ1) is 17.3. The van der Waals surface area contributed by atoms with Crippen LogP contribution < -0.4 is 14.9 Å². The Balaban J connectivity index is 1.79. The Bertz CT molecular complexity index is 1050.